The Morgan fingerprint density at radius 2 is 1.89 bits per heavy atom. The van der Waals surface area contributed by atoms with Crippen molar-refractivity contribution in [3.63, 3.8) is 0 Å². The second-order valence-electron chi connectivity index (χ2n) is 9.58. The minimum absolute atomic E-state index is 0.178. The fourth-order valence-corrected chi connectivity index (χ4v) is 4.72. The standard InChI is InChI=1S/C24H37NO2/c1-5-6-15-27-23(26)18-7-13-21-17(16-18)8-14-22(21)25-20-11-9-19(10-12-20)24(2,3)4/h7,13,16,19-20,22,25H,5-6,8-12,14-15H2,1-4H3. The smallest absolute Gasteiger partial charge is 0.338 e. The number of unbranched alkanes of at least 4 members (excludes halogenated alkanes) is 1. The molecule has 0 saturated heterocycles. The second-order valence-corrected chi connectivity index (χ2v) is 9.58. The zero-order chi connectivity index (χ0) is 19.4. The average molecular weight is 372 g/mol. The Morgan fingerprint density at radius 3 is 2.56 bits per heavy atom. The first-order chi connectivity index (χ1) is 12.9. The van der Waals surface area contributed by atoms with Gasteiger partial charge in [-0.15, -0.1) is 0 Å². The summed E-state index contributed by atoms with van der Waals surface area (Å²) in [5.41, 5.74) is 3.85. The van der Waals surface area contributed by atoms with E-state index in [4.69, 9.17) is 4.74 Å². The predicted octanol–water partition coefficient (Wildman–Crippen LogP) is 5.83. The lowest BCUT2D eigenvalue weighted by atomic mass is 9.71. The van der Waals surface area contributed by atoms with Crippen molar-refractivity contribution in [2.75, 3.05) is 6.61 Å². The molecule has 0 heterocycles. The summed E-state index contributed by atoms with van der Waals surface area (Å²) in [6, 6.07) is 7.24. The monoisotopic (exact) mass is 371 g/mol. The summed E-state index contributed by atoms with van der Waals surface area (Å²) < 4.78 is 5.36. The highest BCUT2D eigenvalue weighted by atomic mass is 16.5. The van der Waals surface area contributed by atoms with E-state index in [2.05, 4.69) is 45.1 Å². The molecule has 0 amide bonds. The number of carbonyl (C=O) groups excluding carboxylic acids is 1. The van der Waals surface area contributed by atoms with Crippen LogP contribution in [0.3, 0.4) is 0 Å². The number of aryl methyl sites for hydroxylation is 1. The minimum atomic E-state index is -0.178. The van der Waals surface area contributed by atoms with E-state index < -0.39 is 0 Å². The molecule has 1 atom stereocenters. The number of fused-ring (bicyclic) bond motifs is 1. The molecule has 1 N–H and O–H groups in total. The van der Waals surface area contributed by atoms with Crippen LogP contribution in [0.2, 0.25) is 0 Å². The molecule has 150 valence electrons. The summed E-state index contributed by atoms with van der Waals surface area (Å²) >= 11 is 0. The van der Waals surface area contributed by atoms with Gasteiger partial charge in [0.25, 0.3) is 0 Å². The fourth-order valence-electron chi connectivity index (χ4n) is 4.72. The molecule has 1 saturated carbocycles. The van der Waals surface area contributed by atoms with Gasteiger partial charge in [0.05, 0.1) is 12.2 Å². The normalized spacial score (nSPS) is 25.3. The van der Waals surface area contributed by atoms with E-state index in [1.54, 1.807) is 0 Å². The highest BCUT2D eigenvalue weighted by molar-refractivity contribution is 5.89. The molecule has 3 nitrogen and oxygen atoms in total. The van der Waals surface area contributed by atoms with Crippen LogP contribution in [0.5, 0.6) is 0 Å². The van der Waals surface area contributed by atoms with Gasteiger partial charge in [0, 0.05) is 12.1 Å². The molecule has 0 aromatic heterocycles. The van der Waals surface area contributed by atoms with Crippen molar-refractivity contribution in [1.82, 2.24) is 5.32 Å². The lowest BCUT2D eigenvalue weighted by Crippen LogP contribution is -2.37. The molecular weight excluding hydrogens is 334 g/mol. The quantitative estimate of drug-likeness (QED) is 0.505. The lowest BCUT2D eigenvalue weighted by Gasteiger charge is -2.38. The molecule has 0 radical (unpaired) electrons. The Hall–Kier alpha value is -1.35. The molecule has 0 aliphatic heterocycles. The molecule has 0 bridgehead atoms. The van der Waals surface area contributed by atoms with E-state index in [-0.39, 0.29) is 5.97 Å². The van der Waals surface area contributed by atoms with E-state index in [1.807, 2.05) is 6.07 Å². The van der Waals surface area contributed by atoms with Gasteiger partial charge in [0.1, 0.15) is 0 Å². The topological polar surface area (TPSA) is 38.3 Å². The summed E-state index contributed by atoms with van der Waals surface area (Å²) in [6.07, 6.45) is 9.42. The first kappa shape index (κ1) is 20.4. The molecular formula is C24H37NO2. The van der Waals surface area contributed by atoms with E-state index in [0.29, 0.717) is 29.7 Å². The van der Waals surface area contributed by atoms with E-state index in [0.717, 1.165) is 31.6 Å². The lowest BCUT2D eigenvalue weighted by molar-refractivity contribution is 0.0499. The Kier molecular flexibility index (Phi) is 6.62. The maximum absolute atomic E-state index is 12.2. The van der Waals surface area contributed by atoms with Gasteiger partial charge in [-0.2, -0.15) is 0 Å². The van der Waals surface area contributed by atoms with Crippen LogP contribution in [0.25, 0.3) is 0 Å². The first-order valence-corrected chi connectivity index (χ1v) is 10.9. The van der Waals surface area contributed by atoms with Gasteiger partial charge < -0.3 is 10.1 Å². The van der Waals surface area contributed by atoms with Crippen molar-refractivity contribution in [2.45, 2.75) is 91.1 Å². The number of hydrogen-bond acceptors (Lipinski definition) is 3. The first-order valence-electron chi connectivity index (χ1n) is 10.9. The van der Waals surface area contributed by atoms with Crippen molar-refractivity contribution in [3.05, 3.63) is 34.9 Å². The summed E-state index contributed by atoms with van der Waals surface area (Å²) in [7, 11) is 0. The number of carbonyl (C=O) groups is 1. The predicted molar refractivity (Wildman–Crippen MR) is 111 cm³/mol. The number of nitrogens with one attached hydrogen (secondary N) is 1. The van der Waals surface area contributed by atoms with Gasteiger partial charge in [0.15, 0.2) is 0 Å². The van der Waals surface area contributed by atoms with Crippen LogP contribution in [-0.4, -0.2) is 18.6 Å². The van der Waals surface area contributed by atoms with E-state index in [9.17, 15) is 4.79 Å². The molecule has 1 aromatic rings. The summed E-state index contributed by atoms with van der Waals surface area (Å²) in [6.45, 7) is 9.76. The average Bonchev–Trinajstić information content (AvgIpc) is 3.03. The van der Waals surface area contributed by atoms with Crippen molar-refractivity contribution in [1.29, 1.82) is 0 Å². The zero-order valence-corrected chi connectivity index (χ0v) is 17.6. The van der Waals surface area contributed by atoms with Crippen LogP contribution in [-0.2, 0) is 11.2 Å². The highest BCUT2D eigenvalue weighted by Crippen LogP contribution is 2.39. The molecule has 1 unspecified atom stereocenters. The maximum atomic E-state index is 12.2. The Bertz CT molecular complexity index is 638. The number of ether oxygens (including phenoxy) is 1. The largest absolute Gasteiger partial charge is 0.462 e. The number of esters is 1. The Labute approximate surface area is 165 Å². The van der Waals surface area contributed by atoms with Gasteiger partial charge in [-0.1, -0.05) is 40.2 Å². The van der Waals surface area contributed by atoms with Crippen molar-refractivity contribution >= 4 is 5.97 Å². The Balaban J connectivity index is 1.55. The zero-order valence-electron chi connectivity index (χ0n) is 17.6. The third-order valence-electron chi connectivity index (χ3n) is 6.58. The van der Waals surface area contributed by atoms with E-state index in [1.165, 1.54) is 36.8 Å². The van der Waals surface area contributed by atoms with Crippen LogP contribution < -0.4 is 5.32 Å². The van der Waals surface area contributed by atoms with Gasteiger partial charge in [-0.3, -0.25) is 0 Å². The van der Waals surface area contributed by atoms with Crippen molar-refractivity contribution in [2.24, 2.45) is 11.3 Å². The molecule has 0 spiro atoms. The third kappa shape index (κ3) is 5.13. The molecule has 3 heteroatoms. The highest BCUT2D eigenvalue weighted by Gasteiger charge is 2.32. The fraction of sp³-hybridized carbons (Fsp3) is 0.708. The van der Waals surface area contributed by atoms with Crippen LogP contribution in [0.4, 0.5) is 0 Å². The molecule has 1 aromatic carbocycles. The number of rotatable bonds is 6. The SMILES string of the molecule is CCCCOC(=O)c1ccc2c(c1)CCC2NC1CCC(C(C)(C)C)CC1. The summed E-state index contributed by atoms with van der Waals surface area (Å²) in [5, 5.41) is 3.92. The van der Waals surface area contributed by atoms with Crippen LogP contribution >= 0.6 is 0 Å². The number of hydrogen-bond donors (Lipinski definition) is 1. The van der Waals surface area contributed by atoms with Crippen LogP contribution in [0.15, 0.2) is 18.2 Å². The summed E-state index contributed by atoms with van der Waals surface area (Å²) in [5.74, 6) is 0.677. The van der Waals surface area contributed by atoms with Crippen molar-refractivity contribution in [3.8, 4) is 0 Å². The van der Waals surface area contributed by atoms with Crippen LogP contribution in [0.1, 0.15) is 100 Å². The van der Waals surface area contributed by atoms with Crippen molar-refractivity contribution < 1.29 is 9.53 Å². The van der Waals surface area contributed by atoms with Crippen LogP contribution in [0, 0.1) is 11.3 Å². The molecule has 1 fully saturated rings. The number of benzene rings is 1. The molecule has 2 aliphatic carbocycles. The third-order valence-corrected chi connectivity index (χ3v) is 6.58. The Morgan fingerprint density at radius 1 is 1.15 bits per heavy atom. The van der Waals surface area contributed by atoms with E-state index >= 15 is 0 Å². The van der Waals surface area contributed by atoms with Gasteiger partial charge >= 0.3 is 5.97 Å². The molecule has 3 rings (SSSR count). The van der Waals surface area contributed by atoms with Gasteiger partial charge in [0.2, 0.25) is 0 Å². The maximum Gasteiger partial charge on any atom is 0.338 e. The van der Waals surface area contributed by atoms with Gasteiger partial charge in [-0.05, 0) is 79.5 Å². The second kappa shape index (κ2) is 8.77. The minimum Gasteiger partial charge on any atom is -0.462 e. The molecule has 27 heavy (non-hydrogen) atoms. The molecule has 2 aliphatic rings. The summed E-state index contributed by atoms with van der Waals surface area (Å²) in [4.78, 5) is 12.2. The van der Waals surface area contributed by atoms with Gasteiger partial charge in [-0.25, -0.2) is 4.79 Å².